The molecule has 2 N–H and O–H groups in total. The number of H-pyrrole nitrogens is 1. The fraction of sp³-hybridized carbons (Fsp3) is 0.556. The summed E-state index contributed by atoms with van der Waals surface area (Å²) in [6, 6.07) is 3.75. The van der Waals surface area contributed by atoms with Crippen LogP contribution in [-0.4, -0.2) is 40.0 Å². The van der Waals surface area contributed by atoms with Gasteiger partial charge in [0, 0.05) is 11.0 Å². The van der Waals surface area contributed by atoms with Gasteiger partial charge in [-0.2, -0.15) is 0 Å². The van der Waals surface area contributed by atoms with Crippen molar-refractivity contribution in [3.05, 3.63) is 18.3 Å². The number of pyridine rings is 1. The normalized spacial score (nSPS) is 19.0. The Kier molecular flexibility index (Phi) is 4.32. The fourth-order valence-electron chi connectivity index (χ4n) is 2.62. The van der Waals surface area contributed by atoms with Crippen molar-refractivity contribution in [3.8, 4) is 0 Å². The molecule has 0 bridgehead atoms. The molecule has 3 heterocycles. The van der Waals surface area contributed by atoms with E-state index in [9.17, 15) is 4.79 Å². The minimum Gasteiger partial charge on any atom is -0.444 e. The lowest BCUT2D eigenvalue weighted by atomic mass is 9.85. The van der Waals surface area contributed by atoms with E-state index in [0.717, 1.165) is 11.0 Å². The lowest BCUT2D eigenvalue weighted by molar-refractivity contribution is 0.00578. The summed E-state index contributed by atoms with van der Waals surface area (Å²) in [5.41, 5.74) is 0.674. The van der Waals surface area contributed by atoms with Gasteiger partial charge in [-0.15, -0.1) is 0 Å². The summed E-state index contributed by atoms with van der Waals surface area (Å²) >= 11 is 0. The lowest BCUT2D eigenvalue weighted by Crippen LogP contribution is -2.41. The molecule has 2 aromatic rings. The third-order valence-electron chi connectivity index (χ3n) is 4.64. The second-order valence-corrected chi connectivity index (χ2v) is 8.60. The van der Waals surface area contributed by atoms with Gasteiger partial charge in [0.05, 0.1) is 23.1 Å². The van der Waals surface area contributed by atoms with Crippen LogP contribution in [0, 0.1) is 0 Å². The van der Waals surface area contributed by atoms with E-state index in [1.807, 2.05) is 60.6 Å². The fourth-order valence-corrected chi connectivity index (χ4v) is 2.62. The Morgan fingerprint density at radius 1 is 1.19 bits per heavy atom. The molecule has 0 spiro atoms. The summed E-state index contributed by atoms with van der Waals surface area (Å²) < 4.78 is 17.4. The smallest absolute Gasteiger partial charge is 0.444 e. The largest absolute Gasteiger partial charge is 0.512 e. The Balaban J connectivity index is 1.79. The first kappa shape index (κ1) is 18.7. The molecule has 7 nitrogen and oxygen atoms in total. The first-order valence-corrected chi connectivity index (χ1v) is 8.71. The molecule has 0 radical (unpaired) electrons. The summed E-state index contributed by atoms with van der Waals surface area (Å²) in [6.07, 6.45) is 1.07. The van der Waals surface area contributed by atoms with Gasteiger partial charge in [0.15, 0.2) is 0 Å². The maximum Gasteiger partial charge on any atom is 0.512 e. The zero-order chi connectivity index (χ0) is 19.3. The maximum atomic E-state index is 11.9. The van der Waals surface area contributed by atoms with E-state index in [1.54, 1.807) is 6.20 Å². The van der Waals surface area contributed by atoms with Crippen LogP contribution >= 0.6 is 0 Å². The van der Waals surface area contributed by atoms with Crippen molar-refractivity contribution in [1.82, 2.24) is 9.97 Å². The van der Waals surface area contributed by atoms with Crippen molar-refractivity contribution >= 4 is 35.5 Å². The van der Waals surface area contributed by atoms with Gasteiger partial charge in [0.1, 0.15) is 11.2 Å². The third-order valence-corrected chi connectivity index (χ3v) is 4.64. The molecule has 1 aliphatic rings. The lowest BCUT2D eigenvalue weighted by Gasteiger charge is -2.32. The van der Waals surface area contributed by atoms with Gasteiger partial charge in [-0.05, 0) is 60.6 Å². The zero-order valence-corrected chi connectivity index (χ0v) is 16.4. The summed E-state index contributed by atoms with van der Waals surface area (Å²) in [7, 11) is -0.489. The monoisotopic (exact) mass is 359 g/mol. The predicted molar refractivity (Wildman–Crippen MR) is 102 cm³/mol. The highest BCUT2D eigenvalue weighted by Gasteiger charge is 2.52. The van der Waals surface area contributed by atoms with Gasteiger partial charge in [-0.3, -0.25) is 5.32 Å². The molecular weight excluding hydrogens is 333 g/mol. The Morgan fingerprint density at radius 3 is 2.38 bits per heavy atom. The van der Waals surface area contributed by atoms with Crippen LogP contribution in [0.3, 0.4) is 0 Å². The number of nitrogens with zero attached hydrogens (tertiary/aromatic N) is 1. The molecular formula is C18H26BN3O4. The molecule has 0 aliphatic carbocycles. The van der Waals surface area contributed by atoms with Crippen LogP contribution in [-0.2, 0) is 14.0 Å². The van der Waals surface area contributed by atoms with Crippen LogP contribution in [0.4, 0.5) is 10.5 Å². The first-order chi connectivity index (χ1) is 11.9. The Morgan fingerprint density at radius 2 is 1.81 bits per heavy atom. The van der Waals surface area contributed by atoms with Gasteiger partial charge in [0.2, 0.25) is 0 Å². The maximum absolute atomic E-state index is 11.9. The van der Waals surface area contributed by atoms with Gasteiger partial charge < -0.3 is 19.0 Å². The molecule has 2 aromatic heterocycles. The molecule has 0 atom stereocenters. The minimum atomic E-state index is -0.556. The van der Waals surface area contributed by atoms with Gasteiger partial charge >= 0.3 is 13.2 Å². The highest BCUT2D eigenvalue weighted by Crippen LogP contribution is 2.36. The molecule has 3 rings (SSSR count). The molecule has 26 heavy (non-hydrogen) atoms. The molecule has 1 fully saturated rings. The van der Waals surface area contributed by atoms with Crippen molar-refractivity contribution in [2.24, 2.45) is 0 Å². The number of aromatic nitrogens is 2. The van der Waals surface area contributed by atoms with Gasteiger partial charge in [-0.1, -0.05) is 0 Å². The van der Waals surface area contributed by atoms with E-state index < -0.39 is 30.0 Å². The predicted octanol–water partition coefficient (Wildman–Crippen LogP) is 3.21. The van der Waals surface area contributed by atoms with Crippen molar-refractivity contribution in [3.63, 3.8) is 0 Å². The number of nitrogens with one attached hydrogen (secondary N) is 2. The average Bonchev–Trinajstić information content (AvgIpc) is 2.95. The second kappa shape index (κ2) is 5.99. The van der Waals surface area contributed by atoms with Gasteiger partial charge in [0.25, 0.3) is 0 Å². The molecule has 1 amide bonds. The van der Waals surface area contributed by atoms with Crippen LogP contribution in [0.2, 0.25) is 0 Å². The summed E-state index contributed by atoms with van der Waals surface area (Å²) in [5, 5.41) is 3.55. The Hall–Kier alpha value is -2.06. The number of amides is 1. The van der Waals surface area contributed by atoms with E-state index >= 15 is 0 Å². The molecule has 0 saturated carbocycles. The molecule has 0 unspecified atom stereocenters. The minimum absolute atomic E-state index is 0.411. The second-order valence-electron chi connectivity index (χ2n) is 8.60. The van der Waals surface area contributed by atoms with Crippen LogP contribution in [0.5, 0.6) is 0 Å². The van der Waals surface area contributed by atoms with Crippen molar-refractivity contribution < 1.29 is 18.8 Å². The average molecular weight is 359 g/mol. The van der Waals surface area contributed by atoms with E-state index in [4.69, 9.17) is 14.0 Å². The topological polar surface area (TPSA) is 85.5 Å². The van der Waals surface area contributed by atoms with Crippen molar-refractivity contribution in [2.45, 2.75) is 65.3 Å². The van der Waals surface area contributed by atoms with Crippen LogP contribution < -0.4 is 10.9 Å². The van der Waals surface area contributed by atoms with Crippen molar-refractivity contribution in [2.75, 3.05) is 5.32 Å². The molecule has 8 heteroatoms. The number of aromatic amines is 1. The number of hydrogen-bond donors (Lipinski definition) is 2. The molecule has 140 valence electrons. The molecule has 1 saturated heterocycles. The van der Waals surface area contributed by atoms with Crippen molar-refractivity contribution in [1.29, 1.82) is 0 Å². The van der Waals surface area contributed by atoms with Crippen LogP contribution in [0.15, 0.2) is 18.3 Å². The quantitative estimate of drug-likeness (QED) is 0.805. The standard InChI is InChI=1S/C18H26BN3O4/c1-16(2,3)24-15(23)21-12-8-11-9-13(22-14(11)20-10-12)19-25-17(4,5)18(6,7)26-19/h8-10H,1-7H3,(H,20,22)(H,21,23). The number of carbonyl (C=O) groups excluding carboxylic acids is 1. The van der Waals surface area contributed by atoms with E-state index in [-0.39, 0.29) is 0 Å². The van der Waals surface area contributed by atoms with Crippen LogP contribution in [0.1, 0.15) is 48.5 Å². The van der Waals surface area contributed by atoms with Gasteiger partial charge in [-0.25, -0.2) is 9.78 Å². The van der Waals surface area contributed by atoms with Crippen LogP contribution in [0.25, 0.3) is 11.0 Å². The number of ether oxygens (including phenoxy) is 1. The Labute approximate surface area is 153 Å². The SMILES string of the molecule is CC(C)(C)OC(=O)Nc1cnc2[nH]c(B3OC(C)(C)C(C)(C)O3)cc2c1. The number of anilines is 1. The summed E-state index contributed by atoms with van der Waals surface area (Å²) in [4.78, 5) is 19.5. The highest BCUT2D eigenvalue weighted by molar-refractivity contribution is 6.61. The van der Waals surface area contributed by atoms with E-state index in [2.05, 4.69) is 15.3 Å². The zero-order valence-electron chi connectivity index (χ0n) is 16.4. The number of rotatable bonds is 2. The highest BCUT2D eigenvalue weighted by atomic mass is 16.7. The van der Waals surface area contributed by atoms with E-state index in [1.165, 1.54) is 0 Å². The summed E-state index contributed by atoms with van der Waals surface area (Å²) in [5.74, 6) is 0. The Bertz CT molecular complexity index is 823. The number of carbonyl (C=O) groups is 1. The summed E-state index contributed by atoms with van der Waals surface area (Å²) in [6.45, 7) is 13.5. The first-order valence-electron chi connectivity index (χ1n) is 8.71. The molecule has 1 aliphatic heterocycles. The van der Waals surface area contributed by atoms with E-state index in [0.29, 0.717) is 11.3 Å². The number of fused-ring (bicyclic) bond motifs is 1. The third kappa shape index (κ3) is 3.71. The number of hydrogen-bond acceptors (Lipinski definition) is 5. The molecule has 0 aromatic carbocycles.